The van der Waals surface area contributed by atoms with Gasteiger partial charge in [-0.1, -0.05) is 12.1 Å². The van der Waals surface area contributed by atoms with Crippen molar-refractivity contribution < 1.29 is 19.2 Å². The highest BCUT2D eigenvalue weighted by molar-refractivity contribution is 5.96. The van der Waals surface area contributed by atoms with Gasteiger partial charge in [0.05, 0.1) is 28.3 Å². The number of ether oxygens (including phenoxy) is 1. The number of hydrogen-bond acceptors (Lipinski definition) is 7. The molecule has 0 heterocycles. The molecule has 0 aliphatic heterocycles. The van der Waals surface area contributed by atoms with Crippen molar-refractivity contribution in [2.24, 2.45) is 5.10 Å². The van der Waals surface area contributed by atoms with Crippen molar-refractivity contribution in [2.45, 2.75) is 0 Å². The van der Waals surface area contributed by atoms with Crippen LogP contribution in [0.5, 0.6) is 5.75 Å². The van der Waals surface area contributed by atoms with Crippen molar-refractivity contribution >= 4 is 23.8 Å². The predicted octanol–water partition coefficient (Wildman–Crippen LogP) is 3.45. The summed E-state index contributed by atoms with van der Waals surface area (Å²) in [6.07, 6.45) is 1.32. The van der Waals surface area contributed by atoms with E-state index >= 15 is 0 Å². The first-order valence-electron chi connectivity index (χ1n) is 8.87. The average Bonchev–Trinajstić information content (AvgIpc) is 2.80. The number of para-hydroxylation sites is 1. The van der Waals surface area contributed by atoms with E-state index < -0.39 is 16.8 Å². The maximum atomic E-state index is 12.3. The number of carbonyl (C=O) groups excluding carboxylic acids is 2. The van der Waals surface area contributed by atoms with E-state index in [2.05, 4.69) is 10.5 Å². The molecule has 0 fully saturated rings. The van der Waals surface area contributed by atoms with Crippen LogP contribution in [0.4, 0.5) is 5.69 Å². The summed E-state index contributed by atoms with van der Waals surface area (Å²) in [5, 5.41) is 23.4. The number of benzene rings is 3. The summed E-state index contributed by atoms with van der Waals surface area (Å²) in [6.45, 7) is 0. The maximum absolute atomic E-state index is 12.3. The predicted molar refractivity (Wildman–Crippen MR) is 111 cm³/mol. The van der Waals surface area contributed by atoms with E-state index in [1.54, 1.807) is 24.3 Å². The van der Waals surface area contributed by atoms with E-state index in [1.165, 1.54) is 54.7 Å². The van der Waals surface area contributed by atoms with Crippen molar-refractivity contribution in [3.8, 4) is 11.8 Å². The van der Waals surface area contributed by atoms with Gasteiger partial charge in [0, 0.05) is 23.3 Å². The fraction of sp³-hybridized carbons (Fsp3) is 0. The molecule has 9 nitrogen and oxygen atoms in total. The van der Waals surface area contributed by atoms with Gasteiger partial charge in [-0.2, -0.15) is 10.4 Å². The number of nitriles is 1. The Morgan fingerprint density at radius 3 is 2.29 bits per heavy atom. The largest absolute Gasteiger partial charge is 0.422 e. The number of esters is 1. The highest BCUT2D eigenvalue weighted by Crippen LogP contribution is 2.19. The quantitative estimate of drug-likeness (QED) is 0.216. The summed E-state index contributed by atoms with van der Waals surface area (Å²) in [5.41, 5.74) is 3.56. The van der Waals surface area contributed by atoms with Crippen LogP contribution in [0.15, 0.2) is 77.9 Å². The van der Waals surface area contributed by atoms with Gasteiger partial charge in [-0.15, -0.1) is 0 Å². The summed E-state index contributed by atoms with van der Waals surface area (Å²) in [5.74, 6) is -0.972. The molecule has 0 aliphatic carbocycles. The Bertz CT molecular complexity index is 1200. The van der Waals surface area contributed by atoms with Gasteiger partial charge in [0.2, 0.25) is 0 Å². The van der Waals surface area contributed by atoms with E-state index in [1.807, 2.05) is 6.07 Å². The number of hydrazone groups is 1. The number of nitro groups is 1. The molecular formula is C22H14N4O5. The van der Waals surface area contributed by atoms with Crippen molar-refractivity contribution in [1.29, 1.82) is 5.26 Å². The van der Waals surface area contributed by atoms with Crippen molar-refractivity contribution in [3.05, 3.63) is 105 Å². The molecule has 0 saturated carbocycles. The summed E-state index contributed by atoms with van der Waals surface area (Å²) < 4.78 is 5.36. The van der Waals surface area contributed by atoms with E-state index in [0.717, 1.165) is 0 Å². The summed E-state index contributed by atoms with van der Waals surface area (Å²) in [7, 11) is 0. The van der Waals surface area contributed by atoms with Crippen LogP contribution in [0.3, 0.4) is 0 Å². The van der Waals surface area contributed by atoms with Gasteiger partial charge >= 0.3 is 5.97 Å². The van der Waals surface area contributed by atoms with Crippen LogP contribution in [0.2, 0.25) is 0 Å². The van der Waals surface area contributed by atoms with E-state index in [4.69, 9.17) is 10.00 Å². The Labute approximate surface area is 176 Å². The Morgan fingerprint density at radius 2 is 1.65 bits per heavy atom. The van der Waals surface area contributed by atoms with Crippen LogP contribution >= 0.6 is 0 Å². The Balaban J connectivity index is 1.68. The second kappa shape index (κ2) is 9.58. The van der Waals surface area contributed by atoms with Crippen LogP contribution in [-0.4, -0.2) is 23.0 Å². The van der Waals surface area contributed by atoms with Gasteiger partial charge in [-0.05, 0) is 48.5 Å². The normalized spacial score (nSPS) is 10.3. The molecule has 0 aliphatic rings. The Morgan fingerprint density at radius 1 is 1.00 bits per heavy atom. The molecule has 0 saturated heterocycles. The maximum Gasteiger partial charge on any atom is 0.343 e. The van der Waals surface area contributed by atoms with Crippen molar-refractivity contribution in [3.63, 3.8) is 0 Å². The molecule has 3 aromatic rings. The molecule has 9 heteroatoms. The summed E-state index contributed by atoms with van der Waals surface area (Å²) >= 11 is 0. The zero-order chi connectivity index (χ0) is 22.2. The van der Waals surface area contributed by atoms with Crippen LogP contribution in [0.1, 0.15) is 31.8 Å². The number of amides is 1. The molecule has 0 bridgehead atoms. The fourth-order valence-electron chi connectivity index (χ4n) is 2.48. The second-order valence-corrected chi connectivity index (χ2v) is 6.12. The Kier molecular flexibility index (Phi) is 6.45. The zero-order valence-electron chi connectivity index (χ0n) is 15.9. The van der Waals surface area contributed by atoms with Crippen LogP contribution in [0, 0.1) is 21.4 Å². The standard InChI is InChI=1S/C22H14N4O5/c23-13-15-5-7-16(8-6-15)21(27)25-24-14-18-3-1-2-4-20(18)31-22(28)17-9-11-19(12-10-17)26(29)30/h1-12,14H,(H,25,27)/b24-14+. The number of non-ortho nitro benzene ring substituents is 1. The lowest BCUT2D eigenvalue weighted by atomic mass is 10.1. The molecule has 0 unspecified atom stereocenters. The van der Waals surface area contributed by atoms with Crippen molar-refractivity contribution in [2.75, 3.05) is 0 Å². The first kappa shape index (κ1) is 20.9. The smallest absolute Gasteiger partial charge is 0.343 e. The number of nitrogens with one attached hydrogen (secondary N) is 1. The molecule has 0 radical (unpaired) electrons. The topological polar surface area (TPSA) is 135 Å². The monoisotopic (exact) mass is 414 g/mol. The van der Waals surface area contributed by atoms with Gasteiger partial charge in [0.25, 0.3) is 11.6 Å². The van der Waals surface area contributed by atoms with E-state index in [9.17, 15) is 19.7 Å². The molecule has 0 spiro atoms. The second-order valence-electron chi connectivity index (χ2n) is 6.12. The fourth-order valence-corrected chi connectivity index (χ4v) is 2.48. The van der Waals surface area contributed by atoms with Gasteiger partial charge in [0.1, 0.15) is 5.75 Å². The first-order chi connectivity index (χ1) is 15.0. The third kappa shape index (κ3) is 5.36. The SMILES string of the molecule is N#Cc1ccc(C(=O)N/N=C/c2ccccc2OC(=O)c2ccc([N+](=O)[O-])cc2)cc1. The van der Waals surface area contributed by atoms with Gasteiger partial charge in [-0.3, -0.25) is 14.9 Å². The molecule has 1 N–H and O–H groups in total. The third-order valence-electron chi connectivity index (χ3n) is 4.08. The van der Waals surface area contributed by atoms with E-state index in [-0.39, 0.29) is 17.0 Å². The van der Waals surface area contributed by atoms with Crippen LogP contribution < -0.4 is 10.2 Å². The van der Waals surface area contributed by atoms with Gasteiger partial charge in [0.15, 0.2) is 0 Å². The molecule has 0 aromatic heterocycles. The minimum Gasteiger partial charge on any atom is -0.422 e. The van der Waals surface area contributed by atoms with Crippen LogP contribution in [-0.2, 0) is 0 Å². The summed E-state index contributed by atoms with van der Waals surface area (Å²) in [6, 6.07) is 19.6. The van der Waals surface area contributed by atoms with E-state index in [0.29, 0.717) is 16.7 Å². The zero-order valence-corrected chi connectivity index (χ0v) is 15.9. The molecular weight excluding hydrogens is 400 g/mol. The lowest BCUT2D eigenvalue weighted by Crippen LogP contribution is -2.17. The molecule has 3 aromatic carbocycles. The third-order valence-corrected chi connectivity index (χ3v) is 4.08. The molecule has 0 atom stereocenters. The lowest BCUT2D eigenvalue weighted by Gasteiger charge is -2.07. The van der Waals surface area contributed by atoms with Gasteiger partial charge in [-0.25, -0.2) is 10.2 Å². The number of carbonyl (C=O) groups is 2. The highest BCUT2D eigenvalue weighted by Gasteiger charge is 2.13. The average molecular weight is 414 g/mol. The van der Waals surface area contributed by atoms with Crippen molar-refractivity contribution in [1.82, 2.24) is 5.43 Å². The molecule has 152 valence electrons. The minimum atomic E-state index is -0.697. The minimum absolute atomic E-state index is 0.137. The highest BCUT2D eigenvalue weighted by atomic mass is 16.6. The molecule has 1 amide bonds. The van der Waals surface area contributed by atoms with Crippen LogP contribution in [0.25, 0.3) is 0 Å². The Hall–Kier alpha value is -4.84. The number of nitro benzene ring substituents is 1. The molecule has 3 rings (SSSR count). The van der Waals surface area contributed by atoms with Gasteiger partial charge < -0.3 is 4.74 Å². The molecule has 31 heavy (non-hydrogen) atoms. The number of nitrogens with zero attached hydrogens (tertiary/aromatic N) is 3. The number of rotatable bonds is 6. The first-order valence-corrected chi connectivity index (χ1v) is 8.87. The lowest BCUT2D eigenvalue weighted by molar-refractivity contribution is -0.384. The summed E-state index contributed by atoms with van der Waals surface area (Å²) in [4.78, 5) is 34.6. The number of hydrogen-bond donors (Lipinski definition) is 1.